The van der Waals surface area contributed by atoms with E-state index < -0.39 is 5.97 Å². The largest absolute Gasteiger partial charge is 0.493 e. The molecule has 0 saturated heterocycles. The van der Waals surface area contributed by atoms with Gasteiger partial charge in [-0.2, -0.15) is 0 Å². The van der Waals surface area contributed by atoms with Crippen LogP contribution in [0.2, 0.25) is 0 Å². The molecule has 2 rings (SSSR count). The topological polar surface area (TPSA) is 61.8 Å². The third-order valence-electron chi connectivity index (χ3n) is 3.01. The van der Waals surface area contributed by atoms with E-state index in [4.69, 9.17) is 14.2 Å². The molecular formula is C16H15BrO5S. The molecule has 0 spiro atoms. The third kappa shape index (κ3) is 4.80. The molecule has 5 nitrogen and oxygen atoms in total. The molecule has 0 fully saturated rings. The second-order valence-corrected chi connectivity index (χ2v) is 7.02. The predicted molar refractivity (Wildman–Crippen MR) is 90.6 cm³/mol. The van der Waals surface area contributed by atoms with Gasteiger partial charge in [-0.3, -0.25) is 9.59 Å². The Labute approximate surface area is 146 Å². The smallest absolute Gasteiger partial charge is 0.310 e. The van der Waals surface area contributed by atoms with Crippen molar-refractivity contribution in [3.63, 3.8) is 0 Å². The number of hydrogen-bond acceptors (Lipinski definition) is 6. The van der Waals surface area contributed by atoms with Crippen LogP contribution in [0.3, 0.4) is 0 Å². The van der Waals surface area contributed by atoms with Gasteiger partial charge in [0.2, 0.25) is 5.78 Å². The molecule has 0 atom stereocenters. The number of carbonyl (C=O) groups excluding carboxylic acids is 2. The lowest BCUT2D eigenvalue weighted by Gasteiger charge is -2.09. The van der Waals surface area contributed by atoms with Crippen LogP contribution in [0.4, 0.5) is 0 Å². The lowest BCUT2D eigenvalue weighted by molar-refractivity contribution is -0.141. The Kier molecular flexibility index (Phi) is 6.18. The van der Waals surface area contributed by atoms with E-state index in [0.29, 0.717) is 16.4 Å². The maximum absolute atomic E-state index is 11.9. The van der Waals surface area contributed by atoms with Crippen molar-refractivity contribution < 1.29 is 23.8 Å². The van der Waals surface area contributed by atoms with Crippen LogP contribution >= 0.6 is 27.3 Å². The summed E-state index contributed by atoms with van der Waals surface area (Å²) in [6, 6.07) is 8.65. The van der Waals surface area contributed by atoms with Gasteiger partial charge in [0.25, 0.3) is 0 Å². The first-order valence-corrected chi connectivity index (χ1v) is 8.29. The van der Waals surface area contributed by atoms with Crippen LogP contribution in [0, 0.1) is 0 Å². The van der Waals surface area contributed by atoms with Gasteiger partial charge in [-0.15, -0.1) is 11.3 Å². The number of halogens is 1. The summed E-state index contributed by atoms with van der Waals surface area (Å²) < 4.78 is 16.2. The molecule has 1 aromatic carbocycles. The number of rotatable bonds is 7. The Balaban J connectivity index is 1.91. The number of methoxy groups -OCH3 is 2. The standard InChI is InChI=1S/C16H15BrO5S/c1-20-12-4-3-10(7-13(12)21-2)8-16(19)22-9-11(18)14-5-6-15(17)23-14/h3-7H,8-9H2,1-2H3. The van der Waals surface area contributed by atoms with Crippen molar-refractivity contribution in [1.82, 2.24) is 0 Å². The Morgan fingerprint density at radius 1 is 1.09 bits per heavy atom. The fourth-order valence-corrected chi connectivity index (χ4v) is 3.20. The van der Waals surface area contributed by atoms with Gasteiger partial charge in [-0.05, 0) is 45.8 Å². The van der Waals surface area contributed by atoms with Gasteiger partial charge >= 0.3 is 5.97 Å². The molecular weight excluding hydrogens is 384 g/mol. The summed E-state index contributed by atoms with van der Waals surface area (Å²) in [7, 11) is 3.07. The van der Waals surface area contributed by atoms with E-state index in [0.717, 1.165) is 9.35 Å². The normalized spacial score (nSPS) is 10.2. The number of carbonyl (C=O) groups is 2. The highest BCUT2D eigenvalue weighted by molar-refractivity contribution is 9.11. The van der Waals surface area contributed by atoms with Crippen molar-refractivity contribution in [2.45, 2.75) is 6.42 Å². The predicted octanol–water partition coefficient (Wildman–Crippen LogP) is 3.50. The average molecular weight is 399 g/mol. The summed E-state index contributed by atoms with van der Waals surface area (Å²) in [6.45, 7) is -0.265. The van der Waals surface area contributed by atoms with E-state index in [1.807, 2.05) is 0 Å². The first-order valence-electron chi connectivity index (χ1n) is 6.68. The van der Waals surface area contributed by atoms with Crippen LogP contribution in [0.1, 0.15) is 15.2 Å². The van der Waals surface area contributed by atoms with Gasteiger partial charge in [0.15, 0.2) is 18.1 Å². The maximum atomic E-state index is 11.9. The SMILES string of the molecule is COc1ccc(CC(=O)OCC(=O)c2ccc(Br)s2)cc1OC. The molecule has 0 aliphatic carbocycles. The molecule has 0 aliphatic rings. The number of Topliss-reactive ketones (excluding diaryl/α,β-unsaturated/α-hetero) is 1. The quantitative estimate of drug-likeness (QED) is 0.527. The summed E-state index contributed by atoms with van der Waals surface area (Å²) in [4.78, 5) is 24.3. The van der Waals surface area contributed by atoms with Crippen molar-refractivity contribution in [1.29, 1.82) is 0 Å². The highest BCUT2D eigenvalue weighted by Crippen LogP contribution is 2.27. The van der Waals surface area contributed by atoms with Crippen molar-refractivity contribution >= 4 is 39.0 Å². The first kappa shape index (κ1) is 17.5. The van der Waals surface area contributed by atoms with Gasteiger partial charge in [-0.25, -0.2) is 0 Å². The molecule has 0 N–H and O–H groups in total. The van der Waals surface area contributed by atoms with Gasteiger partial charge in [0.1, 0.15) is 0 Å². The van der Waals surface area contributed by atoms with Crippen LogP contribution in [0.5, 0.6) is 11.5 Å². The fourth-order valence-electron chi connectivity index (χ4n) is 1.89. The minimum absolute atomic E-state index is 0.0573. The molecule has 2 aromatic rings. The molecule has 122 valence electrons. The van der Waals surface area contributed by atoms with Crippen molar-refractivity contribution in [2.75, 3.05) is 20.8 Å². The number of esters is 1. The van der Waals surface area contributed by atoms with Crippen molar-refractivity contribution in [3.8, 4) is 11.5 Å². The summed E-state index contributed by atoms with van der Waals surface area (Å²) >= 11 is 4.59. The zero-order valence-corrected chi connectivity index (χ0v) is 15.0. The van der Waals surface area contributed by atoms with E-state index in [-0.39, 0.29) is 18.8 Å². The highest BCUT2D eigenvalue weighted by atomic mass is 79.9. The molecule has 0 radical (unpaired) electrons. The molecule has 7 heteroatoms. The van der Waals surface area contributed by atoms with Crippen LogP contribution in [-0.4, -0.2) is 32.6 Å². The Bertz CT molecular complexity index is 710. The summed E-state index contributed by atoms with van der Waals surface area (Å²) in [5.41, 5.74) is 0.721. The van der Waals surface area contributed by atoms with E-state index in [2.05, 4.69) is 15.9 Å². The second kappa shape index (κ2) is 8.12. The molecule has 0 bridgehead atoms. The van der Waals surface area contributed by atoms with E-state index in [1.54, 1.807) is 37.4 Å². The van der Waals surface area contributed by atoms with Crippen molar-refractivity contribution in [2.24, 2.45) is 0 Å². The number of thiophene rings is 1. The number of hydrogen-bond donors (Lipinski definition) is 0. The number of ether oxygens (including phenoxy) is 3. The molecule has 1 heterocycles. The monoisotopic (exact) mass is 398 g/mol. The minimum atomic E-state index is -0.471. The summed E-state index contributed by atoms with van der Waals surface area (Å²) in [5.74, 6) is 0.433. The molecule has 0 amide bonds. The maximum Gasteiger partial charge on any atom is 0.310 e. The van der Waals surface area contributed by atoms with E-state index >= 15 is 0 Å². The first-order chi connectivity index (χ1) is 11.0. The molecule has 0 aliphatic heterocycles. The average Bonchev–Trinajstić information content (AvgIpc) is 2.99. The summed E-state index contributed by atoms with van der Waals surface area (Å²) in [5, 5.41) is 0. The highest BCUT2D eigenvalue weighted by Gasteiger charge is 2.13. The van der Waals surface area contributed by atoms with Crippen LogP contribution < -0.4 is 9.47 Å². The van der Waals surface area contributed by atoms with Gasteiger partial charge in [-0.1, -0.05) is 6.07 Å². The van der Waals surface area contributed by atoms with Crippen LogP contribution in [0.25, 0.3) is 0 Å². The summed E-state index contributed by atoms with van der Waals surface area (Å²) in [6.07, 6.45) is 0.0573. The van der Waals surface area contributed by atoms with E-state index in [9.17, 15) is 9.59 Å². The lowest BCUT2D eigenvalue weighted by Crippen LogP contribution is -2.15. The molecule has 1 aromatic heterocycles. The number of benzene rings is 1. The van der Waals surface area contributed by atoms with Crippen molar-refractivity contribution in [3.05, 3.63) is 44.6 Å². The fraction of sp³-hybridized carbons (Fsp3) is 0.250. The molecule has 0 saturated carbocycles. The lowest BCUT2D eigenvalue weighted by atomic mass is 10.1. The van der Waals surface area contributed by atoms with Gasteiger partial charge < -0.3 is 14.2 Å². The Morgan fingerprint density at radius 2 is 1.83 bits per heavy atom. The van der Waals surface area contributed by atoms with Crippen LogP contribution in [0.15, 0.2) is 34.1 Å². The van der Waals surface area contributed by atoms with Gasteiger partial charge in [0.05, 0.1) is 29.3 Å². The zero-order chi connectivity index (χ0) is 16.8. The van der Waals surface area contributed by atoms with Crippen LogP contribution in [-0.2, 0) is 16.0 Å². The molecule has 23 heavy (non-hydrogen) atoms. The Morgan fingerprint density at radius 3 is 2.43 bits per heavy atom. The molecule has 0 unspecified atom stereocenters. The minimum Gasteiger partial charge on any atom is -0.493 e. The zero-order valence-electron chi connectivity index (χ0n) is 12.6. The Hall–Kier alpha value is -1.86. The third-order valence-corrected chi connectivity index (χ3v) is 4.67. The number of ketones is 1. The van der Waals surface area contributed by atoms with E-state index in [1.165, 1.54) is 18.4 Å². The second-order valence-electron chi connectivity index (χ2n) is 4.55. The van der Waals surface area contributed by atoms with Gasteiger partial charge in [0, 0.05) is 0 Å².